The van der Waals surface area contributed by atoms with Crippen molar-refractivity contribution in [1.82, 2.24) is 0 Å². The van der Waals surface area contributed by atoms with Crippen LogP contribution in [0.3, 0.4) is 0 Å². The monoisotopic (exact) mass is 313 g/mol. The summed E-state index contributed by atoms with van der Waals surface area (Å²) < 4.78 is 0. The largest absolute Gasteiger partial charge is 0.378 e. The van der Waals surface area contributed by atoms with Crippen molar-refractivity contribution in [2.75, 3.05) is 19.0 Å². The highest BCUT2D eigenvalue weighted by molar-refractivity contribution is 6.21. The molecule has 2 aliphatic carbocycles. The van der Waals surface area contributed by atoms with E-state index < -0.39 is 0 Å². The highest BCUT2D eigenvalue weighted by Gasteiger charge is 2.28. The molecule has 2 aromatic rings. The van der Waals surface area contributed by atoms with E-state index in [0.717, 1.165) is 34.4 Å². The molecule has 0 atom stereocenters. The van der Waals surface area contributed by atoms with E-state index in [1.165, 1.54) is 11.1 Å². The van der Waals surface area contributed by atoms with Crippen LogP contribution in [0.25, 0.3) is 11.6 Å². The molecule has 0 fully saturated rings. The van der Waals surface area contributed by atoms with E-state index >= 15 is 0 Å². The molecule has 0 amide bonds. The van der Waals surface area contributed by atoms with Gasteiger partial charge in [0.25, 0.3) is 0 Å². The molecule has 0 aromatic heterocycles. The van der Waals surface area contributed by atoms with Crippen LogP contribution in [0.1, 0.15) is 16.7 Å². The highest BCUT2D eigenvalue weighted by atomic mass is 16.1. The van der Waals surface area contributed by atoms with Crippen molar-refractivity contribution in [2.24, 2.45) is 0 Å². The van der Waals surface area contributed by atoms with Crippen molar-refractivity contribution in [3.63, 3.8) is 0 Å². The quantitative estimate of drug-likeness (QED) is 0.771. The zero-order valence-corrected chi connectivity index (χ0v) is 13.9. The summed E-state index contributed by atoms with van der Waals surface area (Å²) >= 11 is 0. The van der Waals surface area contributed by atoms with Gasteiger partial charge in [-0.1, -0.05) is 48.6 Å². The summed E-state index contributed by atoms with van der Waals surface area (Å²) in [7, 11) is 4.04. The fraction of sp³-hybridized carbons (Fsp3) is 0.136. The predicted molar refractivity (Wildman–Crippen MR) is 100.0 cm³/mol. The molecule has 118 valence electrons. The van der Waals surface area contributed by atoms with Gasteiger partial charge in [0, 0.05) is 37.3 Å². The third kappa shape index (κ3) is 2.41. The van der Waals surface area contributed by atoms with E-state index in [1.54, 1.807) is 0 Å². The maximum atomic E-state index is 12.9. The Morgan fingerprint density at radius 3 is 2.46 bits per heavy atom. The molecular formula is C22H19NO. The maximum Gasteiger partial charge on any atom is 0.189 e. The van der Waals surface area contributed by atoms with Gasteiger partial charge in [-0.25, -0.2) is 0 Å². The molecule has 0 radical (unpaired) electrons. The van der Waals surface area contributed by atoms with Crippen LogP contribution in [0.2, 0.25) is 0 Å². The lowest BCUT2D eigenvalue weighted by Gasteiger charge is -2.13. The molecule has 0 N–H and O–H groups in total. The third-order valence-electron chi connectivity index (χ3n) is 4.70. The van der Waals surface area contributed by atoms with Crippen LogP contribution in [0, 0.1) is 0 Å². The number of hydrogen-bond acceptors (Lipinski definition) is 2. The van der Waals surface area contributed by atoms with Crippen molar-refractivity contribution in [3.8, 4) is 0 Å². The normalized spacial score (nSPS) is 17.2. The lowest BCUT2D eigenvalue weighted by molar-refractivity contribution is -0.111. The molecule has 0 unspecified atom stereocenters. The van der Waals surface area contributed by atoms with E-state index in [4.69, 9.17) is 0 Å². The minimum atomic E-state index is 0.153. The molecule has 0 saturated carbocycles. The Hall–Kier alpha value is -2.87. The molecule has 0 bridgehead atoms. The zero-order chi connectivity index (χ0) is 16.7. The van der Waals surface area contributed by atoms with Crippen molar-refractivity contribution in [2.45, 2.75) is 6.42 Å². The van der Waals surface area contributed by atoms with Crippen LogP contribution < -0.4 is 4.90 Å². The van der Waals surface area contributed by atoms with Gasteiger partial charge in [0.1, 0.15) is 0 Å². The van der Waals surface area contributed by atoms with Gasteiger partial charge in [0.05, 0.1) is 0 Å². The summed E-state index contributed by atoms with van der Waals surface area (Å²) in [6.45, 7) is 0. The van der Waals surface area contributed by atoms with Gasteiger partial charge in [-0.15, -0.1) is 0 Å². The number of rotatable bonds is 2. The number of nitrogens with zero attached hydrogens (tertiary/aromatic N) is 1. The zero-order valence-electron chi connectivity index (χ0n) is 13.9. The molecule has 2 aromatic carbocycles. The summed E-state index contributed by atoms with van der Waals surface area (Å²) in [6, 6.07) is 16.5. The Balaban J connectivity index is 1.65. The molecule has 0 spiro atoms. The smallest absolute Gasteiger partial charge is 0.189 e. The number of carbonyl (C=O) groups excluding carboxylic acids is 1. The Labute approximate surface area is 142 Å². The van der Waals surface area contributed by atoms with Crippen LogP contribution in [0.5, 0.6) is 0 Å². The first-order valence-electron chi connectivity index (χ1n) is 8.17. The summed E-state index contributed by atoms with van der Waals surface area (Å²) in [5, 5.41) is 0. The van der Waals surface area contributed by atoms with E-state index in [-0.39, 0.29) is 5.78 Å². The van der Waals surface area contributed by atoms with Crippen LogP contribution in [0.15, 0.2) is 71.8 Å². The number of fused-ring (bicyclic) bond motifs is 2. The van der Waals surface area contributed by atoms with Crippen molar-refractivity contribution in [3.05, 3.63) is 88.5 Å². The molecule has 4 rings (SSSR count). The summed E-state index contributed by atoms with van der Waals surface area (Å²) in [5.41, 5.74) is 7.43. The third-order valence-corrected chi connectivity index (χ3v) is 4.70. The van der Waals surface area contributed by atoms with Gasteiger partial charge in [0.15, 0.2) is 5.78 Å². The number of hydrogen-bond donors (Lipinski definition) is 0. The topological polar surface area (TPSA) is 20.3 Å². The standard InChI is InChI=1S/C22H19NO/c1-23(2)18-10-7-15(8-11-18)13-17-9-12-20-19-6-4-3-5-16(19)14-21(20)22(17)24/h3-13H,14H2,1-2H3. The highest BCUT2D eigenvalue weighted by Crippen LogP contribution is 2.38. The van der Waals surface area contributed by atoms with Gasteiger partial charge in [-0.3, -0.25) is 4.79 Å². The lowest BCUT2D eigenvalue weighted by Crippen LogP contribution is -2.09. The Morgan fingerprint density at radius 1 is 0.958 bits per heavy atom. The van der Waals surface area contributed by atoms with Gasteiger partial charge in [-0.2, -0.15) is 0 Å². The van der Waals surface area contributed by atoms with Crippen molar-refractivity contribution in [1.29, 1.82) is 0 Å². The average Bonchev–Trinajstić information content (AvgIpc) is 2.97. The summed E-state index contributed by atoms with van der Waals surface area (Å²) in [5.74, 6) is 0.153. The van der Waals surface area contributed by atoms with Crippen LogP contribution in [-0.4, -0.2) is 19.9 Å². The number of allylic oxidation sites excluding steroid dienone is 5. The molecular weight excluding hydrogens is 294 g/mol. The maximum absolute atomic E-state index is 12.9. The molecule has 2 nitrogen and oxygen atoms in total. The fourth-order valence-electron chi connectivity index (χ4n) is 3.36. The number of Topliss-reactive ketones (excluding diaryl/α,β-unsaturated/α-hetero) is 1. The number of benzene rings is 2. The predicted octanol–water partition coefficient (Wildman–Crippen LogP) is 4.28. The molecule has 2 aliphatic rings. The van der Waals surface area contributed by atoms with Gasteiger partial charge in [-0.05, 0) is 40.5 Å². The first-order valence-corrected chi connectivity index (χ1v) is 8.17. The van der Waals surface area contributed by atoms with E-state index in [1.807, 2.05) is 38.4 Å². The molecule has 24 heavy (non-hydrogen) atoms. The van der Waals surface area contributed by atoms with Crippen LogP contribution in [-0.2, 0) is 11.2 Å². The number of carbonyl (C=O) groups is 1. The van der Waals surface area contributed by atoms with E-state index in [0.29, 0.717) is 0 Å². The van der Waals surface area contributed by atoms with Crippen LogP contribution in [0.4, 0.5) is 5.69 Å². The lowest BCUT2D eigenvalue weighted by atomic mass is 9.92. The Kier molecular flexibility index (Phi) is 3.46. The van der Waals surface area contributed by atoms with Gasteiger partial charge < -0.3 is 4.90 Å². The molecule has 0 aliphatic heterocycles. The SMILES string of the molecule is CN(C)c1ccc(C=C2C=CC3=C(Cc4ccccc43)C2=O)cc1. The first-order chi connectivity index (χ1) is 11.6. The fourth-order valence-corrected chi connectivity index (χ4v) is 3.36. The van der Waals surface area contributed by atoms with E-state index in [9.17, 15) is 4.79 Å². The molecule has 0 heterocycles. The number of ketones is 1. The summed E-state index contributed by atoms with van der Waals surface area (Å²) in [6.07, 6.45) is 6.75. The Morgan fingerprint density at radius 2 is 1.71 bits per heavy atom. The van der Waals surface area contributed by atoms with Crippen molar-refractivity contribution < 1.29 is 4.79 Å². The molecule has 2 heteroatoms. The van der Waals surface area contributed by atoms with Gasteiger partial charge >= 0.3 is 0 Å². The second kappa shape index (κ2) is 5.64. The van der Waals surface area contributed by atoms with E-state index in [2.05, 4.69) is 47.4 Å². The summed E-state index contributed by atoms with van der Waals surface area (Å²) in [4.78, 5) is 14.9. The first kappa shape index (κ1) is 14.7. The molecule has 0 saturated heterocycles. The average molecular weight is 313 g/mol. The van der Waals surface area contributed by atoms with Gasteiger partial charge in [0.2, 0.25) is 0 Å². The second-order valence-electron chi connectivity index (χ2n) is 6.47. The van der Waals surface area contributed by atoms with Crippen LogP contribution >= 0.6 is 0 Å². The van der Waals surface area contributed by atoms with Crippen molar-refractivity contribution >= 4 is 23.1 Å². The minimum absolute atomic E-state index is 0.153. The number of anilines is 1. The minimum Gasteiger partial charge on any atom is -0.378 e. The Bertz CT molecular complexity index is 911. The second-order valence-corrected chi connectivity index (χ2v) is 6.47.